The van der Waals surface area contributed by atoms with Crippen LogP contribution in [0.1, 0.15) is 43.4 Å². The maximum atomic E-state index is 13.0. The summed E-state index contributed by atoms with van der Waals surface area (Å²) in [6.45, 7) is 4.00. The highest BCUT2D eigenvalue weighted by Gasteiger charge is 2.32. The average molecular weight is 418 g/mol. The van der Waals surface area contributed by atoms with Gasteiger partial charge in [0.25, 0.3) is 5.56 Å². The average Bonchev–Trinajstić information content (AvgIpc) is 3.27. The molecule has 2 heterocycles. The van der Waals surface area contributed by atoms with Gasteiger partial charge in [-0.25, -0.2) is 4.79 Å². The van der Waals surface area contributed by atoms with E-state index in [1.165, 1.54) is 4.57 Å². The highest BCUT2D eigenvalue weighted by molar-refractivity contribution is 5.57. The fourth-order valence-electron chi connectivity index (χ4n) is 4.13. The molecule has 30 heavy (non-hydrogen) atoms. The molecule has 3 N–H and O–H groups in total. The van der Waals surface area contributed by atoms with Crippen LogP contribution in [-0.2, 0) is 6.54 Å². The molecule has 9 heteroatoms. The van der Waals surface area contributed by atoms with Gasteiger partial charge >= 0.3 is 5.69 Å². The summed E-state index contributed by atoms with van der Waals surface area (Å²) < 4.78 is 17.9. The standard InChI is InChI=1S/C21H30N4O5/c1-5-8-25-19(22)16(20(26)23-21(25)27)17(24-9-6-7-10-24)13-11-14(28-2)18(30-4)15(12-13)29-3/h11-12,17H,5-10,22H2,1-4H3,(H,23,26,27). The lowest BCUT2D eigenvalue weighted by atomic mass is 9.97. The molecule has 1 aromatic carbocycles. The minimum Gasteiger partial charge on any atom is -0.493 e. The van der Waals surface area contributed by atoms with E-state index >= 15 is 0 Å². The number of likely N-dealkylation sites (tertiary alicyclic amines) is 1. The van der Waals surface area contributed by atoms with E-state index in [0.717, 1.165) is 31.5 Å². The van der Waals surface area contributed by atoms with Crippen molar-refractivity contribution in [3.8, 4) is 17.2 Å². The highest BCUT2D eigenvalue weighted by Crippen LogP contribution is 2.42. The number of hydrogen-bond donors (Lipinski definition) is 2. The van der Waals surface area contributed by atoms with Crippen LogP contribution in [0.4, 0.5) is 5.82 Å². The molecule has 1 aliphatic rings. The molecule has 0 amide bonds. The van der Waals surface area contributed by atoms with Gasteiger partial charge in [-0.1, -0.05) is 6.92 Å². The van der Waals surface area contributed by atoms with Gasteiger partial charge in [-0.05, 0) is 50.0 Å². The van der Waals surface area contributed by atoms with E-state index in [-0.39, 0.29) is 5.82 Å². The lowest BCUT2D eigenvalue weighted by Gasteiger charge is -2.30. The smallest absolute Gasteiger partial charge is 0.329 e. The van der Waals surface area contributed by atoms with Gasteiger partial charge in [-0.3, -0.25) is 19.2 Å². The molecule has 0 bridgehead atoms. The van der Waals surface area contributed by atoms with Crippen LogP contribution in [0.15, 0.2) is 21.7 Å². The van der Waals surface area contributed by atoms with Crippen LogP contribution in [0.3, 0.4) is 0 Å². The van der Waals surface area contributed by atoms with Crippen molar-refractivity contribution in [2.24, 2.45) is 0 Å². The molecule has 2 aromatic rings. The van der Waals surface area contributed by atoms with Gasteiger partial charge in [0.1, 0.15) is 5.82 Å². The summed E-state index contributed by atoms with van der Waals surface area (Å²) in [7, 11) is 4.64. The number of H-pyrrole nitrogens is 1. The van der Waals surface area contributed by atoms with Crippen molar-refractivity contribution in [2.75, 3.05) is 40.2 Å². The Morgan fingerprint density at radius 3 is 2.17 bits per heavy atom. The van der Waals surface area contributed by atoms with Crippen molar-refractivity contribution in [1.29, 1.82) is 0 Å². The number of nitrogens with zero attached hydrogens (tertiary/aromatic N) is 2. The van der Waals surface area contributed by atoms with Crippen LogP contribution in [0, 0.1) is 0 Å². The van der Waals surface area contributed by atoms with Crippen molar-refractivity contribution >= 4 is 5.82 Å². The summed E-state index contributed by atoms with van der Waals surface area (Å²) in [6, 6.07) is 3.21. The number of anilines is 1. The summed E-state index contributed by atoms with van der Waals surface area (Å²) >= 11 is 0. The van der Waals surface area contributed by atoms with Crippen LogP contribution >= 0.6 is 0 Å². The van der Waals surface area contributed by atoms with Gasteiger partial charge < -0.3 is 19.9 Å². The molecule has 1 aliphatic heterocycles. The van der Waals surface area contributed by atoms with E-state index < -0.39 is 17.3 Å². The molecule has 0 saturated carbocycles. The van der Waals surface area contributed by atoms with Gasteiger partial charge in [0, 0.05) is 6.54 Å². The fourth-order valence-corrected chi connectivity index (χ4v) is 4.13. The third-order valence-corrected chi connectivity index (χ3v) is 5.51. The van der Waals surface area contributed by atoms with Gasteiger partial charge in [-0.2, -0.15) is 0 Å². The quantitative estimate of drug-likeness (QED) is 0.671. The van der Waals surface area contributed by atoms with E-state index in [0.29, 0.717) is 35.8 Å². The zero-order valence-electron chi connectivity index (χ0n) is 18.0. The topological polar surface area (TPSA) is 112 Å². The van der Waals surface area contributed by atoms with Crippen LogP contribution in [0.2, 0.25) is 0 Å². The second-order valence-electron chi connectivity index (χ2n) is 7.31. The largest absolute Gasteiger partial charge is 0.493 e. The molecule has 1 fully saturated rings. The van der Waals surface area contributed by atoms with Crippen molar-refractivity contribution in [1.82, 2.24) is 14.5 Å². The van der Waals surface area contributed by atoms with Gasteiger partial charge in [-0.15, -0.1) is 0 Å². The number of hydrogen-bond acceptors (Lipinski definition) is 7. The Balaban J connectivity index is 2.28. The maximum absolute atomic E-state index is 13.0. The molecule has 164 valence electrons. The van der Waals surface area contributed by atoms with Crippen molar-refractivity contribution in [3.63, 3.8) is 0 Å². The number of benzene rings is 1. The molecule has 3 rings (SSSR count). The number of nitrogens with two attached hydrogens (primary N) is 1. The predicted octanol–water partition coefficient (Wildman–Crippen LogP) is 1.74. The molecule has 1 saturated heterocycles. The minimum atomic E-state index is -0.492. The summed E-state index contributed by atoms with van der Waals surface area (Å²) in [5.41, 5.74) is 6.58. The van der Waals surface area contributed by atoms with Crippen LogP contribution < -0.4 is 31.2 Å². The van der Waals surface area contributed by atoms with Crippen LogP contribution in [0.5, 0.6) is 17.2 Å². The molecule has 1 unspecified atom stereocenters. The van der Waals surface area contributed by atoms with Crippen molar-refractivity contribution in [3.05, 3.63) is 44.1 Å². The summed E-state index contributed by atoms with van der Waals surface area (Å²) in [4.78, 5) is 29.9. The lowest BCUT2D eigenvalue weighted by molar-refractivity contribution is 0.275. The molecule has 1 atom stereocenters. The Labute approximate surface area is 175 Å². The monoisotopic (exact) mass is 418 g/mol. The number of ether oxygens (including phenoxy) is 3. The van der Waals surface area contributed by atoms with E-state index in [9.17, 15) is 9.59 Å². The summed E-state index contributed by atoms with van der Waals surface area (Å²) in [6.07, 6.45) is 2.76. The minimum absolute atomic E-state index is 0.191. The molecule has 0 radical (unpaired) electrons. The Morgan fingerprint density at radius 2 is 1.67 bits per heavy atom. The predicted molar refractivity (Wildman–Crippen MR) is 115 cm³/mol. The SMILES string of the molecule is CCCn1c(N)c(C(c2cc(OC)c(OC)c(OC)c2)N2CCCC2)c(=O)[nH]c1=O. The van der Waals surface area contributed by atoms with E-state index in [4.69, 9.17) is 19.9 Å². The van der Waals surface area contributed by atoms with Gasteiger partial charge in [0.15, 0.2) is 11.5 Å². The first-order valence-electron chi connectivity index (χ1n) is 10.1. The molecule has 0 spiro atoms. The Bertz CT molecular complexity index is 982. The first kappa shape index (κ1) is 21.8. The van der Waals surface area contributed by atoms with E-state index in [1.807, 2.05) is 19.1 Å². The molecular weight excluding hydrogens is 388 g/mol. The molecular formula is C21H30N4O5. The van der Waals surface area contributed by atoms with E-state index in [2.05, 4.69) is 9.88 Å². The van der Waals surface area contributed by atoms with Crippen LogP contribution in [-0.4, -0.2) is 48.9 Å². The second kappa shape index (κ2) is 9.25. The Kier molecular flexibility index (Phi) is 6.71. The maximum Gasteiger partial charge on any atom is 0.329 e. The second-order valence-corrected chi connectivity index (χ2v) is 7.31. The Hall–Kier alpha value is -2.94. The zero-order chi connectivity index (χ0) is 21.8. The highest BCUT2D eigenvalue weighted by atomic mass is 16.5. The first-order chi connectivity index (χ1) is 14.5. The number of aromatic amines is 1. The third-order valence-electron chi connectivity index (χ3n) is 5.51. The van der Waals surface area contributed by atoms with Gasteiger partial charge in [0.2, 0.25) is 5.75 Å². The third kappa shape index (κ3) is 3.89. The fraction of sp³-hybridized carbons (Fsp3) is 0.524. The number of aromatic nitrogens is 2. The summed E-state index contributed by atoms with van der Waals surface area (Å²) in [5, 5.41) is 0. The van der Waals surface area contributed by atoms with Crippen LogP contribution in [0.25, 0.3) is 0 Å². The Morgan fingerprint density at radius 1 is 1.07 bits per heavy atom. The van der Waals surface area contributed by atoms with Gasteiger partial charge in [0.05, 0.1) is 32.9 Å². The lowest BCUT2D eigenvalue weighted by Crippen LogP contribution is -2.39. The first-order valence-corrected chi connectivity index (χ1v) is 10.1. The van der Waals surface area contributed by atoms with Crippen molar-refractivity contribution < 1.29 is 14.2 Å². The number of nitrogens with one attached hydrogen (secondary N) is 1. The van der Waals surface area contributed by atoms with E-state index in [1.54, 1.807) is 21.3 Å². The number of methoxy groups -OCH3 is 3. The zero-order valence-corrected chi connectivity index (χ0v) is 18.0. The normalized spacial score (nSPS) is 15.2. The molecule has 9 nitrogen and oxygen atoms in total. The molecule has 0 aliphatic carbocycles. The summed E-state index contributed by atoms with van der Waals surface area (Å²) in [5.74, 6) is 1.65. The number of rotatable bonds is 8. The molecule has 1 aromatic heterocycles. The number of nitrogen functional groups attached to an aromatic ring is 1. The van der Waals surface area contributed by atoms with Crippen molar-refractivity contribution in [2.45, 2.75) is 38.8 Å².